The lowest BCUT2D eigenvalue weighted by Gasteiger charge is -2.05. The Kier molecular flexibility index (Phi) is 25.2. The van der Waals surface area contributed by atoms with Crippen molar-refractivity contribution in [2.75, 3.05) is 0 Å². The fourth-order valence-electron chi connectivity index (χ4n) is 18.8. The number of aryl methyl sites for hydroxylation is 7. The van der Waals surface area contributed by atoms with Gasteiger partial charge in [0, 0.05) is 113 Å². The van der Waals surface area contributed by atoms with Crippen molar-refractivity contribution >= 4 is 192 Å². The molecule has 7 heteroatoms. The first-order valence-corrected chi connectivity index (χ1v) is 50.8. The zero-order valence-corrected chi connectivity index (χ0v) is 82.1. The van der Waals surface area contributed by atoms with Gasteiger partial charge in [-0.2, -0.15) is 0 Å². The van der Waals surface area contributed by atoms with E-state index in [0.717, 1.165) is 33.5 Å². The third kappa shape index (κ3) is 18.7. The number of furan rings is 3. The molecule has 0 aliphatic heterocycles. The largest absolute Gasteiger partial charge is 0.456 e. The minimum atomic E-state index is 0.946. The summed E-state index contributed by atoms with van der Waals surface area (Å²) in [6.07, 6.45) is 0. The van der Waals surface area contributed by atoms with Crippen LogP contribution in [0.25, 0.3) is 224 Å². The Labute approximate surface area is 830 Å². The van der Waals surface area contributed by atoms with E-state index in [1.165, 1.54) is 230 Å². The van der Waals surface area contributed by atoms with E-state index in [0.29, 0.717) is 0 Å². The fourth-order valence-corrected chi connectivity index (χ4v) is 23.4. The maximum absolute atomic E-state index is 5.94. The lowest BCUT2D eigenvalue weighted by Crippen LogP contribution is -1.80. The summed E-state index contributed by atoms with van der Waals surface area (Å²) in [6, 6.07) is 166. The molecule has 140 heavy (non-hydrogen) atoms. The predicted molar refractivity (Wildman–Crippen MR) is 610 cm³/mol. The van der Waals surface area contributed by atoms with Crippen molar-refractivity contribution in [3.8, 4) is 77.9 Å². The Morgan fingerprint density at radius 1 is 0.136 bits per heavy atom. The second-order valence-corrected chi connectivity index (χ2v) is 40.4. The second kappa shape index (κ2) is 39.5. The van der Waals surface area contributed by atoms with Crippen LogP contribution in [0, 0.1) is 48.5 Å². The van der Waals surface area contributed by atoms with E-state index in [9.17, 15) is 0 Å². The molecule has 0 aliphatic carbocycles. The standard InChI is InChI=1S/3C19H14O.4C19H14S/c1-13-9-11-14(12-10-13)15-6-4-8-18-19(15)16-5-2-3-7-17(16)20-18;1-13-6-8-14(9-7-13)15-10-11-19-17(12-15)16-4-2-3-5-18(16)20-19;1-13-6-8-14(9-7-13)15-10-11-17-16-4-2-3-5-18(16)20-19(17)12-15;1-13-9-11-14(12-10-13)15-6-4-7-17-16-5-2-3-8-18(16)20-19(15)17;1-13-9-11-14(12-10-13)15-6-4-8-18-19(15)16-5-2-3-7-17(16)20-18;1-13-6-8-14(9-7-13)15-10-11-19-17(12-15)16-4-2-3-5-18(16)20-19;1-13-6-8-14(9-7-13)15-10-11-17-16-4-2-3-5-18(16)20-19(17)12-15/h7*2-12H,1H3. The minimum Gasteiger partial charge on any atom is -0.456 e. The first kappa shape index (κ1) is 89.1. The van der Waals surface area contributed by atoms with Gasteiger partial charge in [0.05, 0.1) is 0 Å². The Bertz CT molecular complexity index is 8840. The fraction of sp³-hybridized carbons (Fsp3) is 0.0526. The van der Waals surface area contributed by atoms with E-state index in [2.05, 4.69) is 467 Å². The molecule has 0 spiro atoms. The van der Waals surface area contributed by atoms with E-state index in [4.69, 9.17) is 13.3 Å². The molecule has 7 aromatic heterocycles. The molecule has 28 rings (SSSR count). The van der Waals surface area contributed by atoms with Crippen LogP contribution in [0.4, 0.5) is 0 Å². The second-order valence-electron chi connectivity index (χ2n) is 36.1. The van der Waals surface area contributed by atoms with Crippen LogP contribution in [-0.4, -0.2) is 0 Å². The summed E-state index contributed by atoms with van der Waals surface area (Å²) < 4.78 is 28.7. The molecule has 0 fully saturated rings. The maximum atomic E-state index is 5.94. The van der Waals surface area contributed by atoms with Crippen LogP contribution in [0.1, 0.15) is 38.9 Å². The van der Waals surface area contributed by atoms with Gasteiger partial charge < -0.3 is 13.3 Å². The van der Waals surface area contributed by atoms with E-state index < -0.39 is 0 Å². The molecule has 0 bridgehead atoms. The van der Waals surface area contributed by atoms with E-state index >= 15 is 0 Å². The molecule has 0 radical (unpaired) electrons. The van der Waals surface area contributed by atoms with Crippen LogP contribution in [0.5, 0.6) is 0 Å². The van der Waals surface area contributed by atoms with Gasteiger partial charge in [-0.3, -0.25) is 0 Å². The average molecular weight is 1870 g/mol. The SMILES string of the molecule is Cc1ccc(-c2ccc3c(c2)oc2ccccc23)cc1.Cc1ccc(-c2ccc3c(c2)sc2ccccc23)cc1.Cc1ccc(-c2ccc3oc4ccccc4c3c2)cc1.Cc1ccc(-c2ccc3sc4ccccc4c3c2)cc1.Cc1ccc(-c2cccc3c2sc2ccccc23)cc1.Cc1ccc(-c2cccc3oc4ccccc4c23)cc1.Cc1ccc(-c2cccc3sc4ccccc4c23)cc1. The highest BCUT2D eigenvalue weighted by atomic mass is 32.1. The Morgan fingerprint density at radius 2 is 0.414 bits per heavy atom. The van der Waals surface area contributed by atoms with Crippen LogP contribution < -0.4 is 0 Å². The molecule has 672 valence electrons. The quantitative estimate of drug-likeness (QED) is 0.160. The van der Waals surface area contributed by atoms with Crippen molar-refractivity contribution in [2.45, 2.75) is 48.5 Å². The van der Waals surface area contributed by atoms with E-state index in [1.807, 2.05) is 93.9 Å². The smallest absolute Gasteiger partial charge is 0.136 e. The van der Waals surface area contributed by atoms with Gasteiger partial charge >= 0.3 is 0 Å². The van der Waals surface area contributed by atoms with Crippen molar-refractivity contribution in [1.82, 2.24) is 0 Å². The molecule has 3 nitrogen and oxygen atoms in total. The van der Waals surface area contributed by atoms with Gasteiger partial charge in [0.15, 0.2) is 0 Å². The molecular formula is C133H98O3S4. The van der Waals surface area contributed by atoms with Crippen molar-refractivity contribution in [2.24, 2.45) is 0 Å². The summed E-state index contributed by atoms with van der Waals surface area (Å²) in [5, 5.41) is 18.0. The predicted octanol–water partition coefficient (Wildman–Crippen LogP) is 40.8. The number of para-hydroxylation sites is 3. The van der Waals surface area contributed by atoms with E-state index in [1.54, 1.807) is 0 Å². The molecule has 0 N–H and O–H groups in total. The molecule has 21 aromatic carbocycles. The summed E-state index contributed by atoms with van der Waals surface area (Å²) in [5.74, 6) is 0. The van der Waals surface area contributed by atoms with Crippen molar-refractivity contribution < 1.29 is 13.3 Å². The molecule has 7 heterocycles. The van der Waals surface area contributed by atoms with Gasteiger partial charge in [-0.1, -0.05) is 409 Å². The van der Waals surface area contributed by atoms with Gasteiger partial charge in [0.25, 0.3) is 0 Å². The molecule has 0 atom stereocenters. The van der Waals surface area contributed by atoms with Crippen molar-refractivity contribution in [3.05, 3.63) is 506 Å². The van der Waals surface area contributed by atoms with Gasteiger partial charge in [-0.15, -0.1) is 45.3 Å². The first-order chi connectivity index (χ1) is 68.7. The van der Waals surface area contributed by atoms with Crippen LogP contribution in [0.15, 0.2) is 480 Å². The zero-order valence-electron chi connectivity index (χ0n) is 78.8. The normalized spacial score (nSPS) is 11.2. The van der Waals surface area contributed by atoms with Crippen molar-refractivity contribution in [1.29, 1.82) is 0 Å². The topological polar surface area (TPSA) is 39.4 Å². The summed E-state index contributed by atoms with van der Waals surface area (Å²) in [6.45, 7) is 14.8. The van der Waals surface area contributed by atoms with Gasteiger partial charge in [0.1, 0.15) is 33.5 Å². The highest BCUT2D eigenvalue weighted by molar-refractivity contribution is 7.27. The summed E-state index contributed by atoms with van der Waals surface area (Å²) in [7, 11) is 0. The zero-order chi connectivity index (χ0) is 94.7. The molecule has 0 unspecified atom stereocenters. The minimum absolute atomic E-state index is 0.946. The monoisotopic (exact) mass is 1870 g/mol. The van der Waals surface area contributed by atoms with Gasteiger partial charge in [-0.05, 0) is 223 Å². The van der Waals surface area contributed by atoms with Crippen molar-refractivity contribution in [3.63, 3.8) is 0 Å². The van der Waals surface area contributed by atoms with Gasteiger partial charge in [0.2, 0.25) is 0 Å². The van der Waals surface area contributed by atoms with Crippen LogP contribution in [0.3, 0.4) is 0 Å². The molecule has 0 aliphatic rings. The summed E-state index contributed by atoms with van der Waals surface area (Å²) in [4.78, 5) is 0. The first-order valence-electron chi connectivity index (χ1n) is 47.6. The highest BCUT2D eigenvalue weighted by Crippen LogP contribution is 2.46. The molecule has 0 saturated carbocycles. The number of hydrogen-bond acceptors (Lipinski definition) is 7. The summed E-state index contributed by atoms with van der Waals surface area (Å²) in [5.41, 5.74) is 32.5. The number of fused-ring (bicyclic) bond motifs is 21. The lowest BCUT2D eigenvalue weighted by molar-refractivity contribution is 0.668. The van der Waals surface area contributed by atoms with Crippen LogP contribution >= 0.6 is 45.3 Å². The number of rotatable bonds is 7. The maximum Gasteiger partial charge on any atom is 0.136 e. The molecular weight excluding hydrogens is 1770 g/mol. The van der Waals surface area contributed by atoms with Gasteiger partial charge in [-0.25, -0.2) is 0 Å². The highest BCUT2D eigenvalue weighted by Gasteiger charge is 2.18. The third-order valence-corrected chi connectivity index (χ3v) is 31.0. The third-order valence-electron chi connectivity index (χ3n) is 26.3. The Morgan fingerprint density at radius 3 is 0.943 bits per heavy atom. The molecule has 0 amide bonds. The Hall–Kier alpha value is -16.1. The number of thiophene rings is 4. The lowest BCUT2D eigenvalue weighted by atomic mass is 9.99. The van der Waals surface area contributed by atoms with E-state index in [-0.39, 0.29) is 0 Å². The molecule has 0 saturated heterocycles. The number of benzene rings is 21. The summed E-state index contributed by atoms with van der Waals surface area (Å²) >= 11 is 7.50. The molecule has 28 aromatic rings. The van der Waals surface area contributed by atoms with Crippen LogP contribution in [-0.2, 0) is 0 Å². The Balaban J connectivity index is 0.0000000939. The number of hydrogen-bond donors (Lipinski definition) is 0. The van der Waals surface area contributed by atoms with Crippen LogP contribution in [0.2, 0.25) is 0 Å². The average Bonchev–Trinajstić information content (AvgIpc) is 1.70.